The zero-order chi connectivity index (χ0) is 12.3. The molecule has 1 fully saturated rings. The molecule has 0 amide bonds. The first-order valence-electron chi connectivity index (χ1n) is 6.08. The Kier molecular flexibility index (Phi) is 3.46. The van der Waals surface area contributed by atoms with E-state index in [1.54, 1.807) is 6.07 Å². The van der Waals surface area contributed by atoms with Crippen LogP contribution in [0.1, 0.15) is 44.6 Å². The quantitative estimate of drug-likeness (QED) is 0.734. The van der Waals surface area contributed by atoms with Crippen LogP contribution in [0.15, 0.2) is 24.3 Å². The van der Waals surface area contributed by atoms with Crippen LogP contribution in [0.2, 0.25) is 0 Å². The van der Waals surface area contributed by atoms with Crippen molar-refractivity contribution in [3.63, 3.8) is 0 Å². The lowest BCUT2D eigenvalue weighted by Crippen LogP contribution is -2.34. The smallest absolute Gasteiger partial charge is 0.303 e. The van der Waals surface area contributed by atoms with Crippen LogP contribution in [0.4, 0.5) is 4.39 Å². The summed E-state index contributed by atoms with van der Waals surface area (Å²) in [7, 11) is 0. The molecule has 17 heavy (non-hydrogen) atoms. The van der Waals surface area contributed by atoms with Gasteiger partial charge in [-0.05, 0) is 43.4 Å². The van der Waals surface area contributed by atoms with E-state index < -0.39 is 5.60 Å². The molecule has 2 rings (SSSR count). The van der Waals surface area contributed by atoms with Gasteiger partial charge in [-0.2, -0.15) is 0 Å². The summed E-state index contributed by atoms with van der Waals surface area (Å²) < 4.78 is 18.8. The second-order valence-electron chi connectivity index (χ2n) is 4.66. The number of carbonyl (C=O) groups is 1. The van der Waals surface area contributed by atoms with Crippen molar-refractivity contribution in [3.8, 4) is 0 Å². The molecule has 0 unspecified atom stereocenters. The molecule has 0 spiro atoms. The molecule has 1 aromatic carbocycles. The Bertz CT molecular complexity index is 408. The van der Waals surface area contributed by atoms with Crippen LogP contribution in [0.25, 0.3) is 0 Å². The molecule has 1 aliphatic rings. The summed E-state index contributed by atoms with van der Waals surface area (Å²) in [4.78, 5) is 11.3. The topological polar surface area (TPSA) is 26.3 Å². The predicted octanol–water partition coefficient (Wildman–Crippen LogP) is 3.55. The third-order valence-electron chi connectivity index (χ3n) is 3.35. The molecule has 0 heterocycles. The van der Waals surface area contributed by atoms with Crippen LogP contribution in [0, 0.1) is 5.82 Å². The summed E-state index contributed by atoms with van der Waals surface area (Å²) in [5, 5.41) is 0. The fourth-order valence-corrected chi connectivity index (χ4v) is 2.62. The Morgan fingerprint density at radius 1 is 1.29 bits per heavy atom. The number of rotatable bonds is 2. The molecule has 0 N–H and O–H groups in total. The summed E-state index contributed by atoms with van der Waals surface area (Å²) in [6.45, 7) is 1.41. The zero-order valence-corrected chi connectivity index (χ0v) is 10.0. The van der Waals surface area contributed by atoms with Gasteiger partial charge in [0.2, 0.25) is 0 Å². The van der Waals surface area contributed by atoms with E-state index in [4.69, 9.17) is 4.74 Å². The molecule has 1 aliphatic carbocycles. The third kappa shape index (κ3) is 2.65. The van der Waals surface area contributed by atoms with Gasteiger partial charge in [-0.15, -0.1) is 0 Å². The van der Waals surface area contributed by atoms with E-state index in [0.29, 0.717) is 0 Å². The number of esters is 1. The van der Waals surface area contributed by atoms with Crippen molar-refractivity contribution in [1.29, 1.82) is 0 Å². The van der Waals surface area contributed by atoms with Crippen molar-refractivity contribution in [3.05, 3.63) is 35.6 Å². The van der Waals surface area contributed by atoms with Crippen molar-refractivity contribution in [2.24, 2.45) is 0 Å². The number of hydrogen-bond acceptors (Lipinski definition) is 2. The Balaban J connectivity index is 2.35. The minimum Gasteiger partial charge on any atom is -0.454 e. The number of hydrogen-bond donors (Lipinski definition) is 0. The van der Waals surface area contributed by atoms with Gasteiger partial charge >= 0.3 is 5.97 Å². The molecule has 1 aromatic rings. The molecule has 1 saturated carbocycles. The van der Waals surface area contributed by atoms with Gasteiger partial charge in [-0.3, -0.25) is 4.79 Å². The lowest BCUT2D eigenvalue weighted by molar-refractivity contribution is -0.162. The van der Waals surface area contributed by atoms with E-state index in [1.807, 2.05) is 6.07 Å². The second-order valence-corrected chi connectivity index (χ2v) is 4.66. The first-order valence-corrected chi connectivity index (χ1v) is 6.08. The summed E-state index contributed by atoms with van der Waals surface area (Å²) >= 11 is 0. The highest BCUT2D eigenvalue weighted by molar-refractivity contribution is 5.66. The molecule has 2 nitrogen and oxygen atoms in total. The Hall–Kier alpha value is -1.38. The van der Waals surface area contributed by atoms with E-state index in [9.17, 15) is 9.18 Å². The molecule has 0 radical (unpaired) electrons. The molecule has 0 aromatic heterocycles. The molecule has 0 saturated heterocycles. The van der Waals surface area contributed by atoms with Crippen LogP contribution >= 0.6 is 0 Å². The Labute approximate surface area is 101 Å². The SMILES string of the molecule is CC(=O)OC1(c2cccc(F)c2)CCCCC1. The molecule has 0 bridgehead atoms. The van der Waals surface area contributed by atoms with Gasteiger partial charge in [0, 0.05) is 6.92 Å². The Morgan fingerprint density at radius 2 is 2.00 bits per heavy atom. The minimum atomic E-state index is -0.605. The van der Waals surface area contributed by atoms with Gasteiger partial charge in [0.05, 0.1) is 0 Å². The zero-order valence-electron chi connectivity index (χ0n) is 10.0. The summed E-state index contributed by atoms with van der Waals surface area (Å²) in [6, 6.07) is 6.41. The van der Waals surface area contributed by atoms with Crippen molar-refractivity contribution in [2.75, 3.05) is 0 Å². The standard InChI is InChI=1S/C14H17FO2/c1-11(16)17-14(8-3-2-4-9-14)12-6-5-7-13(15)10-12/h5-7,10H,2-4,8-9H2,1H3. The van der Waals surface area contributed by atoms with E-state index in [1.165, 1.54) is 19.1 Å². The fraction of sp³-hybridized carbons (Fsp3) is 0.500. The highest BCUT2D eigenvalue weighted by atomic mass is 19.1. The average molecular weight is 236 g/mol. The molecular weight excluding hydrogens is 219 g/mol. The van der Waals surface area contributed by atoms with Crippen LogP contribution in [0.5, 0.6) is 0 Å². The van der Waals surface area contributed by atoms with Gasteiger partial charge in [0.25, 0.3) is 0 Å². The molecule has 92 valence electrons. The van der Waals surface area contributed by atoms with Gasteiger partial charge in [-0.1, -0.05) is 18.6 Å². The van der Waals surface area contributed by atoms with E-state index in [-0.39, 0.29) is 11.8 Å². The third-order valence-corrected chi connectivity index (χ3v) is 3.35. The lowest BCUT2D eigenvalue weighted by atomic mass is 9.79. The van der Waals surface area contributed by atoms with Gasteiger partial charge in [-0.25, -0.2) is 4.39 Å². The van der Waals surface area contributed by atoms with Gasteiger partial charge < -0.3 is 4.74 Å². The maximum absolute atomic E-state index is 13.3. The average Bonchev–Trinajstić information content (AvgIpc) is 2.29. The molecular formula is C14H17FO2. The predicted molar refractivity (Wildman–Crippen MR) is 62.9 cm³/mol. The highest BCUT2D eigenvalue weighted by Gasteiger charge is 2.37. The maximum Gasteiger partial charge on any atom is 0.303 e. The summed E-state index contributed by atoms with van der Waals surface area (Å²) in [5.41, 5.74) is 0.180. The Morgan fingerprint density at radius 3 is 2.59 bits per heavy atom. The number of halogens is 1. The molecule has 0 atom stereocenters. The van der Waals surface area contributed by atoms with Crippen molar-refractivity contribution in [2.45, 2.75) is 44.6 Å². The van der Waals surface area contributed by atoms with Crippen LogP contribution in [0.3, 0.4) is 0 Å². The monoisotopic (exact) mass is 236 g/mol. The van der Waals surface area contributed by atoms with Crippen LogP contribution < -0.4 is 0 Å². The second kappa shape index (κ2) is 4.86. The minimum absolute atomic E-state index is 0.278. The highest BCUT2D eigenvalue weighted by Crippen LogP contribution is 2.40. The number of benzene rings is 1. The van der Waals surface area contributed by atoms with E-state index >= 15 is 0 Å². The summed E-state index contributed by atoms with van der Waals surface area (Å²) in [5.74, 6) is -0.573. The van der Waals surface area contributed by atoms with Crippen molar-refractivity contribution < 1.29 is 13.9 Å². The normalized spacial score (nSPS) is 18.7. The summed E-state index contributed by atoms with van der Waals surface area (Å²) in [6.07, 6.45) is 4.76. The molecule has 3 heteroatoms. The van der Waals surface area contributed by atoms with E-state index in [0.717, 1.165) is 37.7 Å². The van der Waals surface area contributed by atoms with Gasteiger partial charge in [0.1, 0.15) is 11.4 Å². The van der Waals surface area contributed by atoms with Crippen molar-refractivity contribution in [1.82, 2.24) is 0 Å². The number of carbonyl (C=O) groups excluding carboxylic acids is 1. The van der Waals surface area contributed by atoms with Crippen LogP contribution in [-0.4, -0.2) is 5.97 Å². The maximum atomic E-state index is 13.3. The lowest BCUT2D eigenvalue weighted by Gasteiger charge is -2.37. The van der Waals surface area contributed by atoms with Gasteiger partial charge in [0.15, 0.2) is 0 Å². The number of ether oxygens (including phenoxy) is 1. The molecule has 0 aliphatic heterocycles. The van der Waals surface area contributed by atoms with Crippen molar-refractivity contribution >= 4 is 5.97 Å². The largest absolute Gasteiger partial charge is 0.454 e. The van der Waals surface area contributed by atoms with Crippen LogP contribution in [-0.2, 0) is 15.1 Å². The van der Waals surface area contributed by atoms with E-state index in [2.05, 4.69) is 0 Å². The first-order chi connectivity index (χ1) is 8.12. The first kappa shape index (κ1) is 12.1. The fourth-order valence-electron chi connectivity index (χ4n) is 2.62.